The Morgan fingerprint density at radius 3 is 2.24 bits per heavy atom. The van der Waals surface area contributed by atoms with Crippen molar-refractivity contribution in [1.82, 2.24) is 5.32 Å². The Balaban J connectivity index is 1.43. The summed E-state index contributed by atoms with van der Waals surface area (Å²) >= 11 is 0. The van der Waals surface area contributed by atoms with E-state index in [1.807, 2.05) is 48.5 Å². The molecule has 2 unspecified atom stereocenters. The van der Waals surface area contributed by atoms with Gasteiger partial charge in [0.2, 0.25) is 0 Å². The molecule has 3 aromatic carbocycles. The van der Waals surface area contributed by atoms with Gasteiger partial charge in [-0.1, -0.05) is 54.6 Å². The van der Waals surface area contributed by atoms with E-state index in [4.69, 9.17) is 9.94 Å². The van der Waals surface area contributed by atoms with Gasteiger partial charge in [-0.3, -0.25) is 0 Å². The largest absolute Gasteiger partial charge is 0.595 e. The standard InChI is InChI=1S/C24H21FN2O6/c25-20-10-9-14(12-22(20)27(31)32)11-21(23(28)29)26-24(30)33-13-19-17-7-3-1-5-15(17)16-6-2-4-8-18(16)19/h1-10,12,19,21,27,31H,11,13H2,(H,26,30)(H,28,29). The third-order valence-corrected chi connectivity index (χ3v) is 5.63. The van der Waals surface area contributed by atoms with Crippen LogP contribution in [0.2, 0.25) is 0 Å². The number of carbonyl (C=O) groups is 2. The molecule has 1 aliphatic rings. The predicted octanol–water partition coefficient (Wildman–Crippen LogP) is 2.76. The maximum atomic E-state index is 13.6. The summed E-state index contributed by atoms with van der Waals surface area (Å²) in [5.41, 5.74) is 3.85. The van der Waals surface area contributed by atoms with Gasteiger partial charge in [0.15, 0.2) is 11.5 Å². The number of hydrogen-bond donors (Lipinski definition) is 4. The number of hydrogen-bond acceptors (Lipinski definition) is 5. The van der Waals surface area contributed by atoms with Crippen LogP contribution in [-0.4, -0.2) is 35.0 Å². The molecule has 33 heavy (non-hydrogen) atoms. The normalized spacial score (nSPS) is 14.2. The minimum atomic E-state index is -1.47. The lowest BCUT2D eigenvalue weighted by Gasteiger charge is -2.18. The van der Waals surface area contributed by atoms with Crippen molar-refractivity contribution in [2.45, 2.75) is 18.4 Å². The number of halogens is 1. The highest BCUT2D eigenvalue weighted by Crippen LogP contribution is 2.44. The molecular formula is C24H21FN2O6. The summed E-state index contributed by atoms with van der Waals surface area (Å²) in [5.74, 6) is -2.44. The Labute approximate surface area is 188 Å². The SMILES string of the molecule is O=C(NC(Cc1ccc(F)c([NH+]([O-])O)c1)C(=O)O)OCC1c2ccccc2-c2ccccc21. The molecule has 170 valence electrons. The zero-order valence-electron chi connectivity index (χ0n) is 17.3. The first-order valence-corrected chi connectivity index (χ1v) is 10.2. The highest BCUT2D eigenvalue weighted by molar-refractivity contribution is 5.81. The van der Waals surface area contributed by atoms with Crippen molar-refractivity contribution in [3.8, 4) is 11.1 Å². The second-order valence-electron chi connectivity index (χ2n) is 7.68. The first-order chi connectivity index (χ1) is 15.8. The van der Waals surface area contributed by atoms with E-state index in [9.17, 15) is 24.3 Å². The van der Waals surface area contributed by atoms with Crippen LogP contribution in [0.3, 0.4) is 0 Å². The van der Waals surface area contributed by atoms with Crippen LogP contribution < -0.4 is 10.5 Å². The molecular weight excluding hydrogens is 431 g/mol. The monoisotopic (exact) mass is 452 g/mol. The molecule has 0 heterocycles. The Morgan fingerprint density at radius 1 is 1.06 bits per heavy atom. The van der Waals surface area contributed by atoms with Gasteiger partial charge in [-0.05, 0) is 33.9 Å². The molecule has 3 aromatic rings. The average molecular weight is 452 g/mol. The summed E-state index contributed by atoms with van der Waals surface area (Å²) in [6.45, 7) is 0.0198. The lowest BCUT2D eigenvalue weighted by Crippen LogP contribution is -2.99. The molecule has 1 aliphatic carbocycles. The van der Waals surface area contributed by atoms with E-state index in [1.165, 1.54) is 6.07 Å². The zero-order chi connectivity index (χ0) is 23.5. The van der Waals surface area contributed by atoms with Crippen LogP contribution in [0.5, 0.6) is 0 Å². The van der Waals surface area contributed by atoms with Crippen LogP contribution in [0.1, 0.15) is 22.6 Å². The van der Waals surface area contributed by atoms with Gasteiger partial charge in [0.05, 0.1) is 0 Å². The topological polar surface area (TPSA) is 123 Å². The number of rotatable bonds is 7. The molecule has 0 bridgehead atoms. The highest BCUT2D eigenvalue weighted by Gasteiger charge is 2.30. The van der Waals surface area contributed by atoms with Crippen LogP contribution in [0.4, 0.5) is 14.9 Å². The van der Waals surface area contributed by atoms with Gasteiger partial charge in [0.25, 0.3) is 0 Å². The molecule has 0 fully saturated rings. The number of carboxylic acids is 1. The van der Waals surface area contributed by atoms with Crippen molar-refractivity contribution >= 4 is 17.7 Å². The van der Waals surface area contributed by atoms with Crippen molar-refractivity contribution < 1.29 is 34.3 Å². The Bertz CT molecular complexity index is 1150. The minimum Gasteiger partial charge on any atom is -0.595 e. The quantitative estimate of drug-likeness (QED) is 0.409. The number of ether oxygens (including phenoxy) is 1. The smallest absolute Gasteiger partial charge is 0.407 e. The summed E-state index contributed by atoms with van der Waals surface area (Å²) in [6.07, 6.45) is -1.15. The van der Waals surface area contributed by atoms with E-state index >= 15 is 0 Å². The van der Waals surface area contributed by atoms with E-state index < -0.39 is 34.8 Å². The number of amides is 1. The lowest BCUT2D eigenvalue weighted by molar-refractivity contribution is -0.992. The van der Waals surface area contributed by atoms with Gasteiger partial charge in [0, 0.05) is 18.4 Å². The van der Waals surface area contributed by atoms with E-state index in [2.05, 4.69) is 5.32 Å². The molecule has 0 spiro atoms. The number of alkyl carbamates (subject to hydrolysis) is 1. The molecule has 0 aromatic heterocycles. The van der Waals surface area contributed by atoms with Gasteiger partial charge in [0.1, 0.15) is 12.6 Å². The Hall–Kier alpha value is -3.79. The van der Waals surface area contributed by atoms with E-state index in [1.54, 1.807) is 0 Å². The fourth-order valence-electron chi connectivity index (χ4n) is 4.08. The Morgan fingerprint density at radius 2 is 1.67 bits per heavy atom. The molecule has 0 aliphatic heterocycles. The number of nitrogens with one attached hydrogen (secondary N) is 2. The minimum absolute atomic E-state index is 0.0198. The number of carboxylic acid groups (broad SMARTS) is 1. The summed E-state index contributed by atoms with van der Waals surface area (Å²) in [7, 11) is 0. The number of aliphatic carboxylic acids is 1. The van der Waals surface area contributed by atoms with E-state index in [-0.39, 0.29) is 24.5 Å². The van der Waals surface area contributed by atoms with Gasteiger partial charge in [-0.15, -0.1) is 0 Å². The van der Waals surface area contributed by atoms with Crippen molar-refractivity contribution in [2.75, 3.05) is 6.61 Å². The molecule has 0 saturated carbocycles. The second kappa shape index (κ2) is 9.37. The van der Waals surface area contributed by atoms with Crippen LogP contribution in [0.25, 0.3) is 11.1 Å². The molecule has 9 heteroatoms. The lowest BCUT2D eigenvalue weighted by atomic mass is 9.98. The molecule has 0 saturated heterocycles. The fourth-order valence-corrected chi connectivity index (χ4v) is 4.08. The summed E-state index contributed by atoms with van der Waals surface area (Å²) < 4.78 is 19.0. The van der Waals surface area contributed by atoms with Crippen molar-refractivity contribution in [1.29, 1.82) is 0 Å². The highest BCUT2D eigenvalue weighted by atomic mass is 19.1. The van der Waals surface area contributed by atoms with Gasteiger partial charge < -0.3 is 20.4 Å². The van der Waals surface area contributed by atoms with Gasteiger partial charge in [-0.25, -0.2) is 19.2 Å². The van der Waals surface area contributed by atoms with E-state index in [0.29, 0.717) is 0 Å². The van der Waals surface area contributed by atoms with Crippen molar-refractivity contribution in [3.63, 3.8) is 0 Å². The average Bonchev–Trinajstić information content (AvgIpc) is 3.12. The maximum absolute atomic E-state index is 13.6. The predicted molar refractivity (Wildman–Crippen MR) is 116 cm³/mol. The van der Waals surface area contributed by atoms with Crippen LogP contribution in [0, 0.1) is 11.0 Å². The number of fused-ring (bicyclic) bond motifs is 3. The first kappa shape index (κ1) is 22.4. The maximum Gasteiger partial charge on any atom is 0.407 e. The summed E-state index contributed by atoms with van der Waals surface area (Å²) in [5, 5.41) is 30.5. The molecule has 4 rings (SSSR count). The number of quaternary nitrogens is 1. The van der Waals surface area contributed by atoms with Crippen molar-refractivity contribution in [2.24, 2.45) is 0 Å². The van der Waals surface area contributed by atoms with E-state index in [0.717, 1.165) is 34.4 Å². The summed E-state index contributed by atoms with van der Waals surface area (Å²) in [4.78, 5) is 24.1. The van der Waals surface area contributed by atoms with Gasteiger partial charge in [-0.2, -0.15) is 5.23 Å². The Kier molecular flexibility index (Phi) is 6.36. The van der Waals surface area contributed by atoms with Gasteiger partial charge >= 0.3 is 12.1 Å². The van der Waals surface area contributed by atoms with Crippen molar-refractivity contribution in [3.05, 3.63) is 94.4 Å². The molecule has 1 amide bonds. The fraction of sp³-hybridized carbons (Fsp3) is 0.167. The third-order valence-electron chi connectivity index (χ3n) is 5.63. The number of carbonyl (C=O) groups excluding carboxylic acids is 1. The molecule has 8 nitrogen and oxygen atoms in total. The van der Waals surface area contributed by atoms with Crippen LogP contribution in [0.15, 0.2) is 66.7 Å². The third kappa shape index (κ3) is 4.70. The molecule has 4 N–H and O–H groups in total. The van der Waals surface area contributed by atoms with Crippen LogP contribution in [-0.2, 0) is 16.0 Å². The zero-order valence-corrected chi connectivity index (χ0v) is 17.3. The summed E-state index contributed by atoms with van der Waals surface area (Å²) in [6, 6.07) is 17.5. The van der Waals surface area contributed by atoms with Crippen LogP contribution >= 0.6 is 0 Å². The second-order valence-corrected chi connectivity index (χ2v) is 7.68. The molecule has 2 atom stereocenters. The first-order valence-electron chi connectivity index (χ1n) is 10.2. The number of benzene rings is 3. The molecule has 0 radical (unpaired) electrons.